The molecule has 1 aromatic rings. The number of carboxylic acids is 1. The molecule has 1 aliphatic heterocycles. The summed E-state index contributed by atoms with van der Waals surface area (Å²) >= 11 is 11.5. The van der Waals surface area contributed by atoms with Crippen molar-refractivity contribution in [3.05, 3.63) is 21.7 Å². The van der Waals surface area contributed by atoms with Gasteiger partial charge in [0.1, 0.15) is 5.15 Å². The Balaban J connectivity index is 0.000000224. The quantitative estimate of drug-likeness (QED) is 0.566. The molecule has 0 saturated carbocycles. The molecule has 106 valence electrons. The smallest absolute Gasteiger partial charge is 0.475 e. The van der Waals surface area contributed by atoms with Crippen LogP contribution in [0.15, 0.2) is 0 Å². The summed E-state index contributed by atoms with van der Waals surface area (Å²) in [5.41, 5.74) is 1.95. The predicted molar refractivity (Wildman–Crippen MR) is 61.2 cm³/mol. The Kier molecular flexibility index (Phi) is 5.33. The van der Waals surface area contributed by atoms with Crippen molar-refractivity contribution in [1.29, 1.82) is 0 Å². The zero-order valence-electron chi connectivity index (χ0n) is 9.26. The number of aliphatic carboxylic acids is 1. The van der Waals surface area contributed by atoms with E-state index in [0.717, 1.165) is 30.8 Å². The average Bonchev–Trinajstić information content (AvgIpc) is 2.28. The van der Waals surface area contributed by atoms with Crippen LogP contribution in [0.5, 0.6) is 0 Å². The van der Waals surface area contributed by atoms with Gasteiger partial charge in [-0.3, -0.25) is 0 Å². The molecule has 0 unspecified atom stereocenters. The van der Waals surface area contributed by atoms with E-state index in [-0.39, 0.29) is 5.28 Å². The molecule has 0 spiro atoms. The Hall–Kier alpha value is -1.12. The Morgan fingerprint density at radius 3 is 2.42 bits per heavy atom. The number of aromatic nitrogens is 2. The van der Waals surface area contributed by atoms with Crippen LogP contribution >= 0.6 is 23.2 Å². The second-order valence-electron chi connectivity index (χ2n) is 3.44. The maximum absolute atomic E-state index is 10.6. The third-order valence-electron chi connectivity index (χ3n) is 2.10. The minimum absolute atomic E-state index is 0.237. The Labute approximate surface area is 115 Å². The number of carboxylic acid groups (broad SMARTS) is 1. The maximum atomic E-state index is 10.6. The van der Waals surface area contributed by atoms with Gasteiger partial charge in [0.05, 0.1) is 5.69 Å². The summed E-state index contributed by atoms with van der Waals surface area (Å²) in [5.74, 6) is -2.76. The van der Waals surface area contributed by atoms with E-state index in [1.54, 1.807) is 0 Å². The van der Waals surface area contributed by atoms with Crippen molar-refractivity contribution in [3.8, 4) is 0 Å². The number of rotatable bonds is 0. The van der Waals surface area contributed by atoms with E-state index >= 15 is 0 Å². The molecule has 5 nitrogen and oxygen atoms in total. The summed E-state index contributed by atoms with van der Waals surface area (Å²) in [7, 11) is 0. The number of nitrogens with one attached hydrogen (secondary N) is 1. The van der Waals surface area contributed by atoms with E-state index in [4.69, 9.17) is 33.1 Å². The van der Waals surface area contributed by atoms with Crippen molar-refractivity contribution in [2.75, 3.05) is 6.54 Å². The molecule has 0 bridgehead atoms. The number of halogens is 5. The number of fused-ring (bicyclic) bond motifs is 1. The highest BCUT2D eigenvalue weighted by Gasteiger charge is 2.38. The van der Waals surface area contributed by atoms with Crippen molar-refractivity contribution >= 4 is 29.2 Å². The molecule has 2 heterocycles. The molecular weight excluding hydrogens is 310 g/mol. The lowest BCUT2D eigenvalue weighted by molar-refractivity contribution is -0.192. The first-order valence-electron chi connectivity index (χ1n) is 4.93. The van der Waals surface area contributed by atoms with Crippen molar-refractivity contribution in [3.63, 3.8) is 0 Å². The lowest BCUT2D eigenvalue weighted by Crippen LogP contribution is -2.25. The Morgan fingerprint density at radius 2 is 1.89 bits per heavy atom. The van der Waals surface area contributed by atoms with Crippen LogP contribution in [0.1, 0.15) is 11.3 Å². The topological polar surface area (TPSA) is 75.1 Å². The van der Waals surface area contributed by atoms with Gasteiger partial charge >= 0.3 is 12.1 Å². The molecule has 2 N–H and O–H groups in total. The van der Waals surface area contributed by atoms with Gasteiger partial charge < -0.3 is 10.4 Å². The standard InChI is InChI=1S/C7H7Cl2N3.C2HF3O2/c8-6-4-3-10-2-1-5(4)11-7(9)12-6;3-2(4,5)1(6)7/h10H,1-3H2;(H,6,7). The fraction of sp³-hybridized carbons (Fsp3) is 0.444. The van der Waals surface area contributed by atoms with Crippen molar-refractivity contribution in [2.24, 2.45) is 0 Å². The van der Waals surface area contributed by atoms with Crippen LogP contribution < -0.4 is 5.32 Å². The first-order chi connectivity index (χ1) is 8.71. The largest absolute Gasteiger partial charge is 0.490 e. The molecule has 1 aliphatic rings. The SMILES string of the molecule is Clc1nc(Cl)c2c(n1)CCNC2.O=C(O)C(F)(F)F. The highest BCUT2D eigenvalue weighted by molar-refractivity contribution is 6.32. The third-order valence-corrected chi connectivity index (χ3v) is 2.58. The number of alkyl halides is 3. The molecule has 19 heavy (non-hydrogen) atoms. The van der Waals surface area contributed by atoms with E-state index in [1.165, 1.54) is 0 Å². The van der Waals surface area contributed by atoms with E-state index in [0.29, 0.717) is 5.15 Å². The molecule has 0 saturated heterocycles. The first-order valence-corrected chi connectivity index (χ1v) is 5.69. The van der Waals surface area contributed by atoms with Gasteiger partial charge in [0.15, 0.2) is 0 Å². The van der Waals surface area contributed by atoms with Crippen molar-refractivity contribution in [2.45, 2.75) is 19.1 Å². The fourth-order valence-electron chi connectivity index (χ4n) is 1.27. The summed E-state index contributed by atoms with van der Waals surface area (Å²) in [6, 6.07) is 0. The van der Waals surface area contributed by atoms with Crippen LogP contribution in [-0.2, 0) is 17.8 Å². The molecule has 0 aliphatic carbocycles. The highest BCUT2D eigenvalue weighted by atomic mass is 35.5. The second-order valence-corrected chi connectivity index (χ2v) is 4.13. The fourth-order valence-corrected chi connectivity index (χ4v) is 1.76. The van der Waals surface area contributed by atoms with Gasteiger partial charge in [-0.1, -0.05) is 11.6 Å². The molecule has 2 rings (SSSR count). The Bertz CT molecular complexity index is 483. The lowest BCUT2D eigenvalue weighted by atomic mass is 10.1. The number of hydrogen-bond acceptors (Lipinski definition) is 4. The van der Waals surface area contributed by atoms with Gasteiger partial charge in [-0.2, -0.15) is 13.2 Å². The summed E-state index contributed by atoms with van der Waals surface area (Å²) < 4.78 is 31.7. The molecule has 1 aromatic heterocycles. The molecule has 0 radical (unpaired) electrons. The number of hydrogen-bond donors (Lipinski definition) is 2. The second kappa shape index (κ2) is 6.36. The number of nitrogens with zero attached hydrogens (tertiary/aromatic N) is 2. The van der Waals surface area contributed by atoms with Crippen LogP contribution in [-0.4, -0.2) is 33.8 Å². The molecule has 0 atom stereocenters. The van der Waals surface area contributed by atoms with Crippen molar-refractivity contribution in [1.82, 2.24) is 15.3 Å². The van der Waals surface area contributed by atoms with Gasteiger partial charge in [0.25, 0.3) is 0 Å². The third kappa shape index (κ3) is 4.81. The molecular formula is C9H8Cl2F3N3O2. The summed E-state index contributed by atoms with van der Waals surface area (Å²) in [6.07, 6.45) is -4.21. The summed E-state index contributed by atoms with van der Waals surface area (Å²) in [4.78, 5) is 16.9. The van der Waals surface area contributed by atoms with Gasteiger partial charge in [0, 0.05) is 25.1 Å². The van der Waals surface area contributed by atoms with Gasteiger partial charge in [0.2, 0.25) is 5.28 Å². The zero-order chi connectivity index (χ0) is 14.6. The van der Waals surface area contributed by atoms with Crippen LogP contribution in [0.3, 0.4) is 0 Å². The highest BCUT2D eigenvalue weighted by Crippen LogP contribution is 2.21. The minimum Gasteiger partial charge on any atom is -0.475 e. The summed E-state index contributed by atoms with van der Waals surface area (Å²) in [5, 5.41) is 11.0. The predicted octanol–water partition coefficient (Wildman–Crippen LogP) is 2.06. The normalized spacial score (nSPS) is 14.2. The average molecular weight is 318 g/mol. The molecule has 0 amide bonds. The number of carbonyl (C=O) groups is 1. The monoisotopic (exact) mass is 317 g/mol. The van der Waals surface area contributed by atoms with E-state index < -0.39 is 12.1 Å². The first kappa shape index (κ1) is 15.9. The minimum atomic E-state index is -5.08. The maximum Gasteiger partial charge on any atom is 0.490 e. The van der Waals surface area contributed by atoms with Crippen molar-refractivity contribution < 1.29 is 23.1 Å². The van der Waals surface area contributed by atoms with Gasteiger partial charge in [-0.05, 0) is 11.6 Å². The van der Waals surface area contributed by atoms with E-state index in [1.807, 2.05) is 0 Å². The van der Waals surface area contributed by atoms with Gasteiger partial charge in [-0.15, -0.1) is 0 Å². The van der Waals surface area contributed by atoms with Crippen LogP contribution in [0.25, 0.3) is 0 Å². The van der Waals surface area contributed by atoms with Gasteiger partial charge in [-0.25, -0.2) is 14.8 Å². The lowest BCUT2D eigenvalue weighted by Gasteiger charge is -2.16. The van der Waals surface area contributed by atoms with Crippen LogP contribution in [0, 0.1) is 0 Å². The van der Waals surface area contributed by atoms with Crippen LogP contribution in [0.2, 0.25) is 10.4 Å². The molecule has 0 fully saturated rings. The van der Waals surface area contributed by atoms with Crippen LogP contribution in [0.4, 0.5) is 13.2 Å². The Morgan fingerprint density at radius 1 is 1.32 bits per heavy atom. The summed E-state index contributed by atoms with van der Waals surface area (Å²) in [6.45, 7) is 1.67. The van der Waals surface area contributed by atoms with E-state index in [9.17, 15) is 13.2 Å². The molecule has 0 aromatic carbocycles. The zero-order valence-corrected chi connectivity index (χ0v) is 10.8. The molecule has 10 heteroatoms. The van der Waals surface area contributed by atoms with E-state index in [2.05, 4.69) is 15.3 Å².